The number of aromatic nitrogens is 2. The van der Waals surface area contributed by atoms with E-state index in [1.54, 1.807) is 19.1 Å². The average molecular weight is 351 g/mol. The van der Waals surface area contributed by atoms with Crippen LogP contribution in [0, 0.1) is 6.92 Å². The van der Waals surface area contributed by atoms with E-state index < -0.39 is 12.1 Å². The van der Waals surface area contributed by atoms with Crippen molar-refractivity contribution in [2.75, 3.05) is 19.0 Å². The summed E-state index contributed by atoms with van der Waals surface area (Å²) < 4.78 is 11.1. The van der Waals surface area contributed by atoms with Gasteiger partial charge in [0, 0.05) is 25.3 Å². The van der Waals surface area contributed by atoms with Crippen LogP contribution in [-0.4, -0.2) is 30.3 Å². The van der Waals surface area contributed by atoms with Crippen LogP contribution in [0.4, 0.5) is 5.69 Å². The van der Waals surface area contributed by atoms with E-state index in [4.69, 9.17) is 9.15 Å². The largest absolute Gasteiger partial charge is 0.449 e. The summed E-state index contributed by atoms with van der Waals surface area (Å²) in [5.74, 6) is 0.228. The van der Waals surface area contributed by atoms with Crippen LogP contribution in [0.15, 0.2) is 52.9 Å². The van der Waals surface area contributed by atoms with Gasteiger partial charge in [-0.05, 0) is 44.2 Å². The lowest BCUT2D eigenvalue weighted by Gasteiger charge is -2.14. The molecule has 0 bridgehead atoms. The third kappa shape index (κ3) is 3.91. The minimum absolute atomic E-state index is 0.262. The number of carbonyl (C=O) groups excluding carboxylic acids is 1. The standard InChI is InChI=1S/C20H21N3O3/c1-13-8-10-15(11-9-13)19-22-21-18(26-19)14(2)25-20(24)16-6-5-7-17(12-16)23(3)4/h5-12,14H,1-4H3. The summed E-state index contributed by atoms with van der Waals surface area (Å²) in [6, 6.07) is 15.0. The normalized spacial score (nSPS) is 11.8. The van der Waals surface area contributed by atoms with Crippen LogP contribution in [0.5, 0.6) is 0 Å². The number of aryl methyl sites for hydroxylation is 1. The lowest BCUT2D eigenvalue weighted by atomic mass is 10.1. The third-order valence-corrected chi connectivity index (χ3v) is 3.97. The van der Waals surface area contributed by atoms with Crippen molar-refractivity contribution in [3.63, 3.8) is 0 Å². The maximum atomic E-state index is 12.4. The zero-order chi connectivity index (χ0) is 18.7. The number of hydrogen-bond acceptors (Lipinski definition) is 6. The highest BCUT2D eigenvalue weighted by molar-refractivity contribution is 5.90. The third-order valence-electron chi connectivity index (χ3n) is 3.97. The first-order chi connectivity index (χ1) is 12.4. The predicted octanol–water partition coefficient (Wildman–Crippen LogP) is 4.03. The Morgan fingerprint density at radius 2 is 1.85 bits per heavy atom. The Hall–Kier alpha value is -3.15. The van der Waals surface area contributed by atoms with Crippen LogP contribution in [0.2, 0.25) is 0 Å². The molecule has 3 rings (SSSR count). The average Bonchev–Trinajstić information content (AvgIpc) is 3.12. The van der Waals surface area contributed by atoms with E-state index in [0.29, 0.717) is 11.5 Å². The minimum atomic E-state index is -0.641. The van der Waals surface area contributed by atoms with E-state index >= 15 is 0 Å². The van der Waals surface area contributed by atoms with Crippen LogP contribution < -0.4 is 4.90 Å². The zero-order valence-corrected chi connectivity index (χ0v) is 15.3. The van der Waals surface area contributed by atoms with Gasteiger partial charge in [0.15, 0.2) is 6.10 Å². The second kappa shape index (κ2) is 7.39. The summed E-state index contributed by atoms with van der Waals surface area (Å²) in [7, 11) is 3.83. The number of nitrogens with zero attached hydrogens (tertiary/aromatic N) is 3. The number of benzene rings is 2. The van der Waals surface area contributed by atoms with Gasteiger partial charge in [0.2, 0.25) is 5.89 Å². The van der Waals surface area contributed by atoms with Gasteiger partial charge in [-0.2, -0.15) is 0 Å². The van der Waals surface area contributed by atoms with Gasteiger partial charge in [0.1, 0.15) is 0 Å². The number of ether oxygens (including phenoxy) is 1. The van der Waals surface area contributed by atoms with Gasteiger partial charge in [0.25, 0.3) is 5.89 Å². The molecule has 0 amide bonds. The van der Waals surface area contributed by atoms with Crippen molar-refractivity contribution in [1.29, 1.82) is 0 Å². The maximum absolute atomic E-state index is 12.4. The molecule has 0 saturated carbocycles. The monoisotopic (exact) mass is 351 g/mol. The Labute approximate surface area is 152 Å². The van der Waals surface area contributed by atoms with Gasteiger partial charge >= 0.3 is 5.97 Å². The van der Waals surface area contributed by atoms with E-state index in [9.17, 15) is 4.79 Å². The molecule has 134 valence electrons. The topological polar surface area (TPSA) is 68.5 Å². The van der Waals surface area contributed by atoms with Crippen molar-refractivity contribution in [3.8, 4) is 11.5 Å². The molecule has 2 aromatic carbocycles. The smallest absolute Gasteiger partial charge is 0.338 e. The van der Waals surface area contributed by atoms with Crippen molar-refractivity contribution in [1.82, 2.24) is 10.2 Å². The molecule has 1 unspecified atom stereocenters. The van der Waals surface area contributed by atoms with Gasteiger partial charge in [0.05, 0.1) is 5.56 Å². The molecule has 1 heterocycles. The van der Waals surface area contributed by atoms with Gasteiger partial charge in [-0.25, -0.2) is 4.79 Å². The number of carbonyl (C=O) groups is 1. The second-order valence-electron chi connectivity index (χ2n) is 6.30. The Morgan fingerprint density at radius 1 is 1.12 bits per heavy atom. The zero-order valence-electron chi connectivity index (χ0n) is 15.3. The highest BCUT2D eigenvalue weighted by atomic mass is 16.6. The lowest BCUT2D eigenvalue weighted by molar-refractivity contribution is 0.0280. The Morgan fingerprint density at radius 3 is 2.54 bits per heavy atom. The summed E-state index contributed by atoms with van der Waals surface area (Å²) in [4.78, 5) is 14.3. The maximum Gasteiger partial charge on any atom is 0.338 e. The van der Waals surface area contributed by atoms with Crippen molar-refractivity contribution in [3.05, 3.63) is 65.5 Å². The molecule has 0 aliphatic heterocycles. The molecule has 26 heavy (non-hydrogen) atoms. The first-order valence-electron chi connectivity index (χ1n) is 8.33. The van der Waals surface area contributed by atoms with Crippen LogP contribution in [0.1, 0.15) is 34.8 Å². The molecule has 0 aliphatic rings. The molecular formula is C20H21N3O3. The Kier molecular flexibility index (Phi) is 5.02. The van der Waals surface area contributed by atoms with Crippen molar-refractivity contribution in [2.45, 2.75) is 20.0 Å². The number of rotatable bonds is 5. The van der Waals surface area contributed by atoms with E-state index in [-0.39, 0.29) is 5.89 Å². The van der Waals surface area contributed by atoms with Gasteiger partial charge < -0.3 is 14.1 Å². The first-order valence-corrected chi connectivity index (χ1v) is 8.33. The molecule has 6 heteroatoms. The Balaban J connectivity index is 1.72. The highest BCUT2D eigenvalue weighted by Crippen LogP contribution is 2.24. The SMILES string of the molecule is Cc1ccc(-c2nnc(C(C)OC(=O)c3cccc(N(C)C)c3)o2)cc1. The molecule has 0 aliphatic carbocycles. The summed E-state index contributed by atoms with van der Waals surface area (Å²) in [5.41, 5.74) is 3.37. The molecular weight excluding hydrogens is 330 g/mol. The second-order valence-corrected chi connectivity index (χ2v) is 6.30. The van der Waals surface area contributed by atoms with Crippen molar-refractivity contribution in [2.24, 2.45) is 0 Å². The molecule has 0 spiro atoms. The molecule has 3 aromatic rings. The lowest BCUT2D eigenvalue weighted by Crippen LogP contribution is -2.12. The number of anilines is 1. The van der Waals surface area contributed by atoms with Crippen LogP contribution in [-0.2, 0) is 4.74 Å². The van der Waals surface area contributed by atoms with Crippen LogP contribution in [0.3, 0.4) is 0 Å². The number of esters is 1. The first kappa shape index (κ1) is 17.7. The molecule has 0 N–H and O–H groups in total. The predicted molar refractivity (Wildman–Crippen MR) is 99.1 cm³/mol. The van der Waals surface area contributed by atoms with Crippen LogP contribution >= 0.6 is 0 Å². The molecule has 0 fully saturated rings. The molecule has 0 saturated heterocycles. The number of hydrogen-bond donors (Lipinski definition) is 0. The quantitative estimate of drug-likeness (QED) is 0.647. The van der Waals surface area contributed by atoms with E-state index in [2.05, 4.69) is 10.2 Å². The van der Waals surface area contributed by atoms with Crippen molar-refractivity contribution >= 4 is 11.7 Å². The van der Waals surface area contributed by atoms with E-state index in [1.807, 2.05) is 62.3 Å². The summed E-state index contributed by atoms with van der Waals surface area (Å²) in [6.07, 6.45) is -0.641. The molecule has 0 radical (unpaired) electrons. The van der Waals surface area contributed by atoms with E-state index in [1.165, 1.54) is 0 Å². The van der Waals surface area contributed by atoms with Crippen molar-refractivity contribution < 1.29 is 13.9 Å². The fraction of sp³-hybridized carbons (Fsp3) is 0.250. The van der Waals surface area contributed by atoms with Crippen LogP contribution in [0.25, 0.3) is 11.5 Å². The van der Waals surface area contributed by atoms with Gasteiger partial charge in [-0.15, -0.1) is 10.2 Å². The molecule has 6 nitrogen and oxygen atoms in total. The fourth-order valence-corrected chi connectivity index (χ4v) is 2.40. The Bertz CT molecular complexity index is 901. The summed E-state index contributed by atoms with van der Waals surface area (Å²) >= 11 is 0. The van der Waals surface area contributed by atoms with Gasteiger partial charge in [-0.3, -0.25) is 0 Å². The molecule has 1 atom stereocenters. The highest BCUT2D eigenvalue weighted by Gasteiger charge is 2.20. The summed E-state index contributed by atoms with van der Waals surface area (Å²) in [5, 5.41) is 8.05. The van der Waals surface area contributed by atoms with E-state index in [0.717, 1.165) is 16.8 Å². The molecule has 1 aromatic heterocycles. The summed E-state index contributed by atoms with van der Waals surface area (Å²) in [6.45, 7) is 3.72. The van der Waals surface area contributed by atoms with Gasteiger partial charge in [-0.1, -0.05) is 23.8 Å². The fourth-order valence-electron chi connectivity index (χ4n) is 2.40. The minimum Gasteiger partial charge on any atom is -0.449 e.